The van der Waals surface area contributed by atoms with E-state index in [0.29, 0.717) is 18.8 Å². The van der Waals surface area contributed by atoms with E-state index in [1.54, 1.807) is 13.2 Å². The summed E-state index contributed by atoms with van der Waals surface area (Å²) in [5, 5.41) is 10.2. The smallest absolute Gasteiger partial charge is 0.145 e. The van der Waals surface area contributed by atoms with Gasteiger partial charge >= 0.3 is 0 Å². The van der Waals surface area contributed by atoms with Crippen molar-refractivity contribution in [3.8, 4) is 0 Å². The van der Waals surface area contributed by atoms with Crippen molar-refractivity contribution in [3.63, 3.8) is 0 Å². The van der Waals surface area contributed by atoms with Crippen molar-refractivity contribution in [3.05, 3.63) is 20.8 Å². The summed E-state index contributed by atoms with van der Waals surface area (Å²) in [6.45, 7) is 0.560. The molecule has 2 atom stereocenters. The van der Waals surface area contributed by atoms with E-state index in [4.69, 9.17) is 9.47 Å². The van der Waals surface area contributed by atoms with Crippen molar-refractivity contribution in [2.75, 3.05) is 13.7 Å². The molecule has 2 aliphatic rings. The highest BCUT2D eigenvalue weighted by Gasteiger charge is 2.46. The van der Waals surface area contributed by atoms with Crippen LogP contribution in [0.25, 0.3) is 0 Å². The van der Waals surface area contributed by atoms with Crippen LogP contribution in [0.2, 0.25) is 0 Å². The molecule has 0 saturated carbocycles. The Morgan fingerprint density at radius 2 is 2.36 bits per heavy atom. The number of fused-ring (bicyclic) bond motifs is 1. The minimum Gasteiger partial charge on any atom is -0.495 e. The van der Waals surface area contributed by atoms with Crippen molar-refractivity contribution in [2.24, 2.45) is 0 Å². The summed E-state index contributed by atoms with van der Waals surface area (Å²) < 4.78 is 12.2. The van der Waals surface area contributed by atoms with E-state index in [2.05, 4.69) is 31.9 Å². The monoisotopic (exact) mass is 324 g/mol. The third kappa shape index (κ3) is 1.46. The highest BCUT2D eigenvalue weighted by atomic mass is 79.9. The average Bonchev–Trinajstić information content (AvgIpc) is 2.47. The van der Waals surface area contributed by atoms with Gasteiger partial charge in [0.1, 0.15) is 17.5 Å². The summed E-state index contributed by atoms with van der Waals surface area (Å²) in [5.74, 6) is 0.682. The molecule has 1 saturated heterocycles. The first-order valence-electron chi connectivity index (χ1n) is 4.25. The van der Waals surface area contributed by atoms with Crippen LogP contribution in [0.15, 0.2) is 20.8 Å². The second-order valence-corrected chi connectivity index (χ2v) is 5.07. The normalized spacial score (nSPS) is 36.9. The SMILES string of the molecule is COC1=C(Br)[C@H]2OCC[C@]2(O)C=C1Br. The van der Waals surface area contributed by atoms with E-state index in [-0.39, 0.29) is 6.10 Å². The summed E-state index contributed by atoms with van der Waals surface area (Å²) in [4.78, 5) is 0. The van der Waals surface area contributed by atoms with E-state index in [1.807, 2.05) is 0 Å². The Morgan fingerprint density at radius 3 is 3.00 bits per heavy atom. The molecule has 1 heterocycles. The molecule has 0 amide bonds. The number of halogens is 2. The first kappa shape index (κ1) is 10.7. The molecule has 1 aliphatic carbocycles. The van der Waals surface area contributed by atoms with Crippen molar-refractivity contribution in [1.29, 1.82) is 0 Å². The Morgan fingerprint density at radius 1 is 1.64 bits per heavy atom. The highest BCUT2D eigenvalue weighted by Crippen LogP contribution is 2.43. The lowest BCUT2D eigenvalue weighted by atomic mass is 9.91. The molecule has 14 heavy (non-hydrogen) atoms. The lowest BCUT2D eigenvalue weighted by Crippen LogP contribution is -2.39. The maximum atomic E-state index is 10.2. The lowest BCUT2D eigenvalue weighted by Gasteiger charge is -2.30. The highest BCUT2D eigenvalue weighted by molar-refractivity contribution is 9.12. The molecule has 0 aromatic carbocycles. The minimum atomic E-state index is -0.903. The van der Waals surface area contributed by atoms with Gasteiger partial charge in [-0.3, -0.25) is 0 Å². The second kappa shape index (κ2) is 3.63. The van der Waals surface area contributed by atoms with Crippen molar-refractivity contribution < 1.29 is 14.6 Å². The Bertz CT molecular complexity index is 324. The van der Waals surface area contributed by atoms with Crippen LogP contribution in [0.5, 0.6) is 0 Å². The molecule has 3 nitrogen and oxygen atoms in total. The van der Waals surface area contributed by atoms with Crippen LogP contribution in [-0.4, -0.2) is 30.5 Å². The standard InChI is InChI=1S/C9H10Br2O3/c1-13-7-5(10)4-9(12)2-3-14-8(9)6(7)11/h4,8,12H,2-3H2,1H3/t8-,9+/m1/s1. The van der Waals surface area contributed by atoms with Gasteiger partial charge in [0.25, 0.3) is 0 Å². The van der Waals surface area contributed by atoms with Crippen molar-refractivity contribution >= 4 is 31.9 Å². The molecule has 0 bridgehead atoms. The number of hydrogen-bond acceptors (Lipinski definition) is 3. The van der Waals surface area contributed by atoms with Gasteiger partial charge in [0.15, 0.2) is 0 Å². The third-order valence-electron chi connectivity index (χ3n) is 2.49. The van der Waals surface area contributed by atoms with E-state index >= 15 is 0 Å². The van der Waals surface area contributed by atoms with Crippen LogP contribution in [0.3, 0.4) is 0 Å². The van der Waals surface area contributed by atoms with Crippen LogP contribution in [0.1, 0.15) is 6.42 Å². The fourth-order valence-electron chi connectivity index (χ4n) is 1.77. The zero-order valence-electron chi connectivity index (χ0n) is 7.59. The van der Waals surface area contributed by atoms with Gasteiger partial charge in [-0.05, 0) is 37.9 Å². The zero-order valence-corrected chi connectivity index (χ0v) is 10.8. The van der Waals surface area contributed by atoms with Gasteiger partial charge in [-0.15, -0.1) is 0 Å². The summed E-state index contributed by atoms with van der Waals surface area (Å²) >= 11 is 6.76. The number of methoxy groups -OCH3 is 1. The van der Waals surface area contributed by atoms with Gasteiger partial charge in [-0.1, -0.05) is 0 Å². The molecule has 1 N–H and O–H groups in total. The van der Waals surface area contributed by atoms with E-state index in [1.165, 1.54) is 0 Å². The zero-order chi connectivity index (χ0) is 10.3. The molecule has 1 fully saturated rings. The summed E-state index contributed by atoms with van der Waals surface area (Å²) in [6, 6.07) is 0. The van der Waals surface area contributed by atoms with Crippen LogP contribution in [-0.2, 0) is 9.47 Å². The maximum absolute atomic E-state index is 10.2. The molecule has 1 aliphatic heterocycles. The maximum Gasteiger partial charge on any atom is 0.145 e. The van der Waals surface area contributed by atoms with Gasteiger partial charge in [0.2, 0.25) is 0 Å². The molecular weight excluding hydrogens is 316 g/mol. The van der Waals surface area contributed by atoms with E-state index in [9.17, 15) is 5.11 Å². The van der Waals surface area contributed by atoms with Gasteiger partial charge in [-0.2, -0.15) is 0 Å². The first-order chi connectivity index (χ1) is 6.58. The Hall–Kier alpha value is 0.160. The number of aliphatic hydroxyl groups is 1. The molecule has 0 spiro atoms. The van der Waals surface area contributed by atoms with Crippen LogP contribution >= 0.6 is 31.9 Å². The van der Waals surface area contributed by atoms with Crippen LogP contribution < -0.4 is 0 Å². The number of rotatable bonds is 1. The predicted molar refractivity (Wildman–Crippen MR) is 59.3 cm³/mol. The molecule has 0 aromatic heterocycles. The van der Waals surface area contributed by atoms with Crippen molar-refractivity contribution in [1.82, 2.24) is 0 Å². The van der Waals surface area contributed by atoms with Gasteiger partial charge in [0, 0.05) is 6.42 Å². The summed E-state index contributed by atoms with van der Waals surface area (Å²) in [7, 11) is 1.59. The first-order valence-corrected chi connectivity index (χ1v) is 5.83. The van der Waals surface area contributed by atoms with E-state index in [0.717, 1.165) is 8.96 Å². The molecular formula is C9H10Br2O3. The fourth-order valence-corrected chi connectivity index (χ4v) is 3.71. The topological polar surface area (TPSA) is 38.7 Å². The molecule has 5 heteroatoms. The fraction of sp³-hybridized carbons (Fsp3) is 0.556. The van der Waals surface area contributed by atoms with Gasteiger partial charge in [0.05, 0.1) is 22.7 Å². The average molecular weight is 326 g/mol. The predicted octanol–water partition coefficient (Wildman–Crippen LogP) is 2.05. The number of allylic oxidation sites excluding steroid dienone is 1. The number of hydrogen-bond donors (Lipinski definition) is 1. The summed E-state index contributed by atoms with van der Waals surface area (Å²) in [6.07, 6.45) is 2.02. The Balaban J connectivity index is 2.45. The number of ether oxygens (including phenoxy) is 2. The molecule has 2 rings (SSSR count). The minimum absolute atomic E-state index is 0.334. The Kier molecular flexibility index (Phi) is 2.76. The third-order valence-corrected chi connectivity index (χ3v) is 3.85. The molecule has 78 valence electrons. The van der Waals surface area contributed by atoms with Crippen LogP contribution in [0.4, 0.5) is 0 Å². The van der Waals surface area contributed by atoms with Crippen molar-refractivity contribution in [2.45, 2.75) is 18.1 Å². The van der Waals surface area contributed by atoms with Gasteiger partial charge < -0.3 is 14.6 Å². The molecule has 0 radical (unpaired) electrons. The van der Waals surface area contributed by atoms with E-state index < -0.39 is 5.60 Å². The quantitative estimate of drug-likeness (QED) is 0.802. The largest absolute Gasteiger partial charge is 0.495 e. The Labute approximate surface area is 99.0 Å². The lowest BCUT2D eigenvalue weighted by molar-refractivity contribution is 0.0171. The molecule has 0 unspecified atom stereocenters. The molecule has 0 aromatic rings. The van der Waals surface area contributed by atoms with Crippen LogP contribution in [0, 0.1) is 0 Å². The second-order valence-electron chi connectivity index (χ2n) is 3.37. The van der Waals surface area contributed by atoms with Gasteiger partial charge in [-0.25, -0.2) is 0 Å². The summed E-state index contributed by atoms with van der Waals surface area (Å²) in [5.41, 5.74) is -0.903.